The van der Waals surface area contributed by atoms with Crippen molar-refractivity contribution in [2.24, 2.45) is 0 Å². The van der Waals surface area contributed by atoms with Crippen LogP contribution in [0.25, 0.3) is 0 Å². The third-order valence-electron chi connectivity index (χ3n) is 3.46. The highest BCUT2D eigenvalue weighted by molar-refractivity contribution is 9.10. The molecule has 0 bridgehead atoms. The largest absolute Gasteiger partial charge is 0.380 e. The van der Waals surface area contributed by atoms with Crippen LogP contribution in [0.5, 0.6) is 0 Å². The number of aliphatic hydroxyl groups is 1. The van der Waals surface area contributed by atoms with E-state index in [0.717, 1.165) is 10.0 Å². The molecule has 0 aliphatic carbocycles. The molecule has 100 valence electrons. The summed E-state index contributed by atoms with van der Waals surface area (Å²) in [5.74, 6) is -0.292. The summed E-state index contributed by atoms with van der Waals surface area (Å²) in [7, 11) is 0. The Morgan fingerprint density at radius 3 is 2.42 bits per heavy atom. The van der Waals surface area contributed by atoms with Crippen LogP contribution in [-0.2, 0) is 5.60 Å². The molecule has 1 N–H and O–H groups in total. The molecule has 1 atom stereocenters. The van der Waals surface area contributed by atoms with Gasteiger partial charge in [0.25, 0.3) is 0 Å². The van der Waals surface area contributed by atoms with Crippen LogP contribution in [0.4, 0.5) is 4.39 Å². The summed E-state index contributed by atoms with van der Waals surface area (Å²) in [6, 6.07) is 12.4. The Kier molecular flexibility index (Phi) is 4.07. The summed E-state index contributed by atoms with van der Waals surface area (Å²) in [4.78, 5) is 0. The molecule has 1 unspecified atom stereocenters. The van der Waals surface area contributed by atoms with Crippen molar-refractivity contribution >= 4 is 15.9 Å². The molecule has 1 nitrogen and oxygen atoms in total. The number of halogens is 2. The molecule has 0 spiro atoms. The zero-order chi connectivity index (χ0) is 14.0. The number of hydrogen-bond donors (Lipinski definition) is 1. The lowest BCUT2D eigenvalue weighted by molar-refractivity contribution is 0.0761. The molecule has 2 aromatic rings. The van der Waals surface area contributed by atoms with Crippen molar-refractivity contribution in [2.45, 2.75) is 25.9 Å². The SMILES string of the molecule is CCC(O)(c1cccc(Br)c1)c1ccc(C)c(F)c1. The van der Waals surface area contributed by atoms with E-state index in [1.54, 1.807) is 19.1 Å². The van der Waals surface area contributed by atoms with E-state index < -0.39 is 5.60 Å². The molecule has 0 fully saturated rings. The Balaban J connectivity index is 2.56. The molecule has 0 heterocycles. The maximum atomic E-state index is 13.7. The third kappa shape index (κ3) is 2.72. The Hall–Kier alpha value is -1.19. The predicted molar refractivity (Wildman–Crippen MR) is 78.6 cm³/mol. The first-order valence-corrected chi connectivity index (χ1v) is 7.01. The Morgan fingerprint density at radius 1 is 1.16 bits per heavy atom. The fourth-order valence-corrected chi connectivity index (χ4v) is 2.57. The standard InChI is InChI=1S/C16H16BrFO/c1-3-16(19,12-5-4-6-14(17)9-12)13-8-7-11(2)15(18)10-13/h4-10,19H,3H2,1-2H3. The average molecular weight is 323 g/mol. The van der Waals surface area contributed by atoms with E-state index in [2.05, 4.69) is 15.9 Å². The summed E-state index contributed by atoms with van der Waals surface area (Å²) in [5, 5.41) is 10.9. The molecule has 0 saturated heterocycles. The predicted octanol–water partition coefficient (Wildman–Crippen LogP) is 4.54. The van der Waals surface area contributed by atoms with Gasteiger partial charge in [-0.1, -0.05) is 47.1 Å². The van der Waals surface area contributed by atoms with E-state index in [1.807, 2.05) is 31.2 Å². The lowest BCUT2D eigenvalue weighted by Gasteiger charge is -2.28. The fraction of sp³-hybridized carbons (Fsp3) is 0.250. The topological polar surface area (TPSA) is 20.2 Å². The summed E-state index contributed by atoms with van der Waals surface area (Å²) in [6.45, 7) is 3.60. The summed E-state index contributed by atoms with van der Waals surface area (Å²) >= 11 is 3.40. The van der Waals surface area contributed by atoms with Gasteiger partial charge in [0, 0.05) is 4.47 Å². The molecular formula is C16H16BrFO. The van der Waals surface area contributed by atoms with E-state index >= 15 is 0 Å². The van der Waals surface area contributed by atoms with Crippen LogP contribution >= 0.6 is 15.9 Å². The zero-order valence-corrected chi connectivity index (χ0v) is 12.5. The second kappa shape index (κ2) is 5.43. The normalized spacial score (nSPS) is 14.2. The van der Waals surface area contributed by atoms with E-state index in [-0.39, 0.29) is 5.82 Å². The Morgan fingerprint density at radius 2 is 1.84 bits per heavy atom. The summed E-state index contributed by atoms with van der Waals surface area (Å²) in [5.41, 5.74) is 0.749. The smallest absolute Gasteiger partial charge is 0.126 e. The molecule has 2 rings (SSSR count). The van der Waals surface area contributed by atoms with E-state index in [4.69, 9.17) is 0 Å². The molecule has 0 saturated carbocycles. The van der Waals surface area contributed by atoms with Gasteiger partial charge in [-0.25, -0.2) is 4.39 Å². The number of rotatable bonds is 3. The van der Waals surface area contributed by atoms with Crippen LogP contribution < -0.4 is 0 Å². The van der Waals surface area contributed by atoms with Crippen molar-refractivity contribution in [3.8, 4) is 0 Å². The van der Waals surface area contributed by atoms with Gasteiger partial charge in [-0.15, -0.1) is 0 Å². The molecule has 0 radical (unpaired) electrons. The van der Waals surface area contributed by atoms with Gasteiger partial charge in [0.15, 0.2) is 0 Å². The second-order valence-electron chi connectivity index (χ2n) is 4.69. The van der Waals surface area contributed by atoms with Gasteiger partial charge in [-0.05, 0) is 48.2 Å². The van der Waals surface area contributed by atoms with Crippen molar-refractivity contribution in [3.05, 3.63) is 69.4 Å². The molecule has 2 aromatic carbocycles. The Labute approximate surface area is 121 Å². The first kappa shape index (κ1) is 14.2. The quantitative estimate of drug-likeness (QED) is 0.879. The lowest BCUT2D eigenvalue weighted by Crippen LogP contribution is -2.26. The molecule has 0 aliphatic rings. The van der Waals surface area contributed by atoms with Gasteiger partial charge in [0.1, 0.15) is 11.4 Å². The highest BCUT2D eigenvalue weighted by Gasteiger charge is 2.30. The highest BCUT2D eigenvalue weighted by atomic mass is 79.9. The van der Waals surface area contributed by atoms with Crippen LogP contribution in [0.3, 0.4) is 0 Å². The van der Waals surface area contributed by atoms with Crippen molar-refractivity contribution < 1.29 is 9.50 Å². The van der Waals surface area contributed by atoms with Crippen molar-refractivity contribution in [3.63, 3.8) is 0 Å². The van der Waals surface area contributed by atoms with Gasteiger partial charge in [-0.2, -0.15) is 0 Å². The summed E-state index contributed by atoms with van der Waals surface area (Å²) < 4.78 is 14.6. The fourth-order valence-electron chi connectivity index (χ4n) is 2.17. The van der Waals surface area contributed by atoms with E-state index in [1.165, 1.54) is 6.07 Å². The number of hydrogen-bond acceptors (Lipinski definition) is 1. The molecular weight excluding hydrogens is 307 g/mol. The monoisotopic (exact) mass is 322 g/mol. The third-order valence-corrected chi connectivity index (χ3v) is 3.96. The summed E-state index contributed by atoms with van der Waals surface area (Å²) in [6.07, 6.45) is 0.478. The van der Waals surface area contributed by atoms with E-state index in [9.17, 15) is 9.50 Å². The minimum absolute atomic E-state index is 0.292. The van der Waals surface area contributed by atoms with Crippen LogP contribution in [0.2, 0.25) is 0 Å². The van der Waals surface area contributed by atoms with Gasteiger partial charge < -0.3 is 5.11 Å². The minimum Gasteiger partial charge on any atom is -0.380 e. The van der Waals surface area contributed by atoms with E-state index in [0.29, 0.717) is 17.5 Å². The highest BCUT2D eigenvalue weighted by Crippen LogP contribution is 2.34. The van der Waals surface area contributed by atoms with Crippen molar-refractivity contribution in [2.75, 3.05) is 0 Å². The van der Waals surface area contributed by atoms with Gasteiger partial charge >= 0.3 is 0 Å². The van der Waals surface area contributed by atoms with Crippen LogP contribution in [-0.4, -0.2) is 5.11 Å². The maximum absolute atomic E-state index is 13.7. The second-order valence-corrected chi connectivity index (χ2v) is 5.60. The van der Waals surface area contributed by atoms with Gasteiger partial charge in [0.05, 0.1) is 0 Å². The molecule has 0 aromatic heterocycles. The van der Waals surface area contributed by atoms with Crippen molar-refractivity contribution in [1.82, 2.24) is 0 Å². The van der Waals surface area contributed by atoms with Crippen molar-refractivity contribution in [1.29, 1.82) is 0 Å². The van der Waals surface area contributed by atoms with Crippen LogP contribution in [0.1, 0.15) is 30.0 Å². The number of benzene rings is 2. The van der Waals surface area contributed by atoms with Gasteiger partial charge in [0.2, 0.25) is 0 Å². The maximum Gasteiger partial charge on any atom is 0.126 e. The zero-order valence-electron chi connectivity index (χ0n) is 11.0. The van der Waals surface area contributed by atoms with Gasteiger partial charge in [-0.3, -0.25) is 0 Å². The minimum atomic E-state index is -1.17. The molecule has 0 amide bonds. The lowest BCUT2D eigenvalue weighted by atomic mass is 9.84. The first-order chi connectivity index (χ1) is 8.97. The van der Waals surface area contributed by atoms with Crippen LogP contribution in [0, 0.1) is 12.7 Å². The number of aryl methyl sites for hydroxylation is 1. The molecule has 0 aliphatic heterocycles. The molecule has 3 heteroatoms. The first-order valence-electron chi connectivity index (χ1n) is 6.22. The molecule has 19 heavy (non-hydrogen) atoms. The average Bonchev–Trinajstić information content (AvgIpc) is 2.41. The Bertz CT molecular complexity index is 597. The van der Waals surface area contributed by atoms with Crippen LogP contribution in [0.15, 0.2) is 46.9 Å².